The lowest BCUT2D eigenvalue weighted by Gasteiger charge is -2.41. The van der Waals surface area contributed by atoms with Crippen LogP contribution in [-0.4, -0.2) is 12.9 Å². The first-order chi connectivity index (χ1) is 8.86. The van der Waals surface area contributed by atoms with Crippen LogP contribution in [0.15, 0.2) is 30.3 Å². The van der Waals surface area contributed by atoms with Crippen molar-refractivity contribution in [3.8, 4) is 0 Å². The molecule has 20 heavy (non-hydrogen) atoms. The monoisotopic (exact) mass is 847 g/mol. The van der Waals surface area contributed by atoms with Crippen molar-refractivity contribution < 1.29 is 0 Å². The zero-order chi connectivity index (χ0) is 15.6. The van der Waals surface area contributed by atoms with Gasteiger partial charge < -0.3 is 0 Å². The zero-order valence-corrected chi connectivity index (χ0v) is 23.6. The smallest absolute Gasteiger partial charge is 0.0749 e. The fourth-order valence-electron chi connectivity index (χ4n) is 2.05. The first-order valence-corrected chi connectivity index (χ1v) is 12.2. The summed E-state index contributed by atoms with van der Waals surface area (Å²) in [5.74, 6) is 0. The average Bonchev–Trinajstić information content (AvgIpc) is 2.41. The SMILES string of the molecule is BrC1(Br)C(Br)(Br)C(Br)(Br)C(Br)(c2ccccc2)C1(Br)Br. The largest absolute Gasteiger partial charge is 0.134 e. The molecule has 1 fully saturated rings. The molecule has 0 aromatic heterocycles. The fraction of sp³-hybridized carbons (Fsp3) is 0.455. The van der Waals surface area contributed by atoms with Crippen LogP contribution in [-0.2, 0) is 4.32 Å². The van der Waals surface area contributed by atoms with Crippen molar-refractivity contribution in [3.63, 3.8) is 0 Å². The molecule has 1 aromatic rings. The molecule has 0 aliphatic heterocycles. The second kappa shape index (κ2) is 6.06. The Bertz CT molecular complexity index is 494. The Labute approximate surface area is 193 Å². The van der Waals surface area contributed by atoms with Gasteiger partial charge in [0, 0.05) is 0 Å². The minimum absolute atomic E-state index is 0.561. The normalized spacial score (nSPS) is 28.2. The maximum Gasteiger partial charge on any atom is 0.134 e. The molecule has 1 saturated carbocycles. The molecule has 0 heterocycles. The summed E-state index contributed by atoms with van der Waals surface area (Å²) >= 11 is 34.4. The van der Waals surface area contributed by atoms with Crippen molar-refractivity contribution in [1.29, 1.82) is 0 Å². The number of benzene rings is 1. The third kappa shape index (κ3) is 2.32. The maximum absolute atomic E-state index is 3.94. The second-order valence-electron chi connectivity index (χ2n) is 4.32. The van der Waals surface area contributed by atoms with Crippen LogP contribution >= 0.6 is 143 Å². The van der Waals surface area contributed by atoms with Gasteiger partial charge in [-0.05, 0) is 5.56 Å². The van der Waals surface area contributed by atoms with Gasteiger partial charge in [-0.25, -0.2) is 0 Å². The second-order valence-corrected chi connectivity index (χ2v) is 19.3. The van der Waals surface area contributed by atoms with Gasteiger partial charge in [0.25, 0.3) is 0 Å². The molecule has 1 aliphatic rings. The number of hydrogen-bond acceptors (Lipinski definition) is 0. The molecule has 1 aromatic carbocycles. The molecule has 0 saturated heterocycles. The van der Waals surface area contributed by atoms with E-state index in [-0.39, 0.29) is 0 Å². The van der Waals surface area contributed by atoms with Gasteiger partial charge in [-0.1, -0.05) is 174 Å². The van der Waals surface area contributed by atoms with Gasteiger partial charge >= 0.3 is 0 Å². The molecule has 0 nitrogen and oxygen atoms in total. The Balaban J connectivity index is 2.82. The minimum Gasteiger partial charge on any atom is -0.0749 e. The van der Waals surface area contributed by atoms with Gasteiger partial charge in [0.2, 0.25) is 0 Å². The molecule has 112 valence electrons. The van der Waals surface area contributed by atoms with Crippen molar-refractivity contribution in [2.75, 3.05) is 0 Å². The zero-order valence-electron chi connectivity index (χ0n) is 9.29. The summed E-state index contributed by atoms with van der Waals surface area (Å²) < 4.78 is -2.93. The Morgan fingerprint density at radius 2 is 0.850 bits per heavy atom. The van der Waals surface area contributed by atoms with Crippen LogP contribution in [0.25, 0.3) is 0 Å². The van der Waals surface area contributed by atoms with E-state index in [1.54, 1.807) is 0 Å². The molecule has 1 aliphatic carbocycles. The van der Waals surface area contributed by atoms with E-state index in [2.05, 4.69) is 156 Å². The Hall–Kier alpha value is 3.54. The van der Waals surface area contributed by atoms with Gasteiger partial charge in [-0.3, -0.25) is 0 Å². The molecule has 0 N–H and O–H groups in total. The lowest BCUT2D eigenvalue weighted by Crippen LogP contribution is -2.46. The Morgan fingerprint density at radius 3 is 1.20 bits per heavy atom. The van der Waals surface area contributed by atoms with E-state index in [4.69, 9.17) is 0 Å². The number of alkyl halides is 9. The van der Waals surface area contributed by atoms with Crippen LogP contribution in [0.3, 0.4) is 0 Å². The lowest BCUT2D eigenvalue weighted by atomic mass is 9.97. The van der Waals surface area contributed by atoms with Crippen LogP contribution in [0.4, 0.5) is 0 Å². The van der Waals surface area contributed by atoms with Gasteiger partial charge in [0.15, 0.2) is 0 Å². The summed E-state index contributed by atoms with van der Waals surface area (Å²) in [5, 5.41) is 0. The summed E-state index contributed by atoms with van der Waals surface area (Å²) in [6, 6.07) is 10.2. The van der Waals surface area contributed by atoms with Crippen LogP contribution in [0.1, 0.15) is 5.56 Å². The van der Waals surface area contributed by atoms with Gasteiger partial charge in [-0.15, -0.1) is 0 Å². The molecular weight excluding hydrogens is 851 g/mol. The van der Waals surface area contributed by atoms with Crippen molar-refractivity contribution in [2.45, 2.75) is 17.3 Å². The predicted molar refractivity (Wildman–Crippen MR) is 119 cm³/mol. The first kappa shape index (κ1) is 19.9. The molecule has 0 amide bonds. The molecule has 2 rings (SSSR count). The van der Waals surface area contributed by atoms with E-state index in [0.29, 0.717) is 0 Å². The predicted octanol–water partition coefficient (Wildman–Crippen LogP) is 8.23. The average molecular weight is 856 g/mol. The third-order valence-electron chi connectivity index (χ3n) is 3.22. The highest BCUT2D eigenvalue weighted by Gasteiger charge is 2.84. The first-order valence-electron chi connectivity index (χ1n) is 5.11. The summed E-state index contributed by atoms with van der Waals surface area (Å²) in [4.78, 5) is 0. The highest BCUT2D eigenvalue weighted by molar-refractivity contribution is 9.35. The molecule has 9 heteroatoms. The van der Waals surface area contributed by atoms with Crippen molar-refractivity contribution in [3.05, 3.63) is 35.9 Å². The van der Waals surface area contributed by atoms with Gasteiger partial charge in [0.05, 0.1) is 0 Å². The van der Waals surface area contributed by atoms with E-state index in [1.807, 2.05) is 18.2 Å². The molecule has 0 spiro atoms. The van der Waals surface area contributed by atoms with E-state index >= 15 is 0 Å². The summed E-state index contributed by atoms with van der Waals surface area (Å²) in [6.45, 7) is 0. The molecule has 0 radical (unpaired) electrons. The number of rotatable bonds is 1. The van der Waals surface area contributed by atoms with Gasteiger partial charge in [-0.2, -0.15) is 0 Å². The molecule has 0 atom stereocenters. The highest BCUT2D eigenvalue weighted by Crippen LogP contribution is 2.83. The highest BCUT2D eigenvalue weighted by atomic mass is 79.9. The molecule has 0 bridgehead atoms. The fourth-order valence-corrected chi connectivity index (χ4v) is 12.8. The summed E-state index contributed by atoms with van der Waals surface area (Å²) in [5.41, 5.74) is 1.09. The van der Waals surface area contributed by atoms with E-state index in [9.17, 15) is 0 Å². The number of hydrogen-bond donors (Lipinski definition) is 0. The Morgan fingerprint density at radius 1 is 0.500 bits per heavy atom. The molecular formula is C11H5Br9. The summed E-state index contributed by atoms with van der Waals surface area (Å²) in [7, 11) is 0. The Kier molecular flexibility index (Phi) is 6.02. The number of halogens is 9. The van der Waals surface area contributed by atoms with E-state index in [1.165, 1.54) is 0 Å². The third-order valence-corrected chi connectivity index (χ3v) is 22.9. The van der Waals surface area contributed by atoms with Crippen LogP contribution in [0, 0.1) is 0 Å². The van der Waals surface area contributed by atoms with Crippen LogP contribution < -0.4 is 0 Å². The van der Waals surface area contributed by atoms with Crippen molar-refractivity contribution >= 4 is 143 Å². The topological polar surface area (TPSA) is 0 Å². The summed E-state index contributed by atoms with van der Waals surface area (Å²) in [6.07, 6.45) is 0. The van der Waals surface area contributed by atoms with E-state index < -0.39 is 17.3 Å². The minimum atomic E-state index is -0.596. The van der Waals surface area contributed by atoms with Crippen LogP contribution in [0.2, 0.25) is 0 Å². The van der Waals surface area contributed by atoms with Crippen molar-refractivity contribution in [2.24, 2.45) is 0 Å². The maximum atomic E-state index is 3.94. The van der Waals surface area contributed by atoms with Gasteiger partial charge in [0.1, 0.15) is 17.3 Å². The van der Waals surface area contributed by atoms with Crippen molar-refractivity contribution in [1.82, 2.24) is 0 Å². The molecule has 0 unspecified atom stereocenters. The van der Waals surface area contributed by atoms with E-state index in [0.717, 1.165) is 5.56 Å². The van der Waals surface area contributed by atoms with Crippen LogP contribution in [0.5, 0.6) is 0 Å². The lowest BCUT2D eigenvalue weighted by molar-refractivity contribution is 0.663. The standard InChI is InChI=1S/C11H5Br9/c12-7(6-4-2-1-3-5-6)8(13,14)10(17,18)11(19,20)9(7,15)16/h1-5H. The quantitative estimate of drug-likeness (QED) is 0.250.